The summed E-state index contributed by atoms with van der Waals surface area (Å²) in [4.78, 5) is 33.8. The van der Waals surface area contributed by atoms with Crippen LogP contribution in [-0.2, 0) is 16.8 Å². The minimum atomic E-state index is -0.353. The second-order valence-electron chi connectivity index (χ2n) is 10.3. The van der Waals surface area contributed by atoms with Gasteiger partial charge < -0.3 is 4.90 Å². The molecular weight excluding hydrogens is 412 g/mol. The van der Waals surface area contributed by atoms with E-state index in [-0.39, 0.29) is 23.1 Å². The molecular formula is C27H32N4O2. The summed E-state index contributed by atoms with van der Waals surface area (Å²) in [5.41, 5.74) is 2.51. The Bertz CT molecular complexity index is 1220. The van der Waals surface area contributed by atoms with Gasteiger partial charge in [-0.1, -0.05) is 49.6 Å². The van der Waals surface area contributed by atoms with Crippen molar-refractivity contribution in [2.75, 3.05) is 13.1 Å². The van der Waals surface area contributed by atoms with Crippen molar-refractivity contribution in [3.8, 4) is 0 Å². The molecule has 3 heterocycles. The number of rotatable bonds is 5. The Labute approximate surface area is 194 Å². The van der Waals surface area contributed by atoms with Gasteiger partial charge >= 0.3 is 5.69 Å². The van der Waals surface area contributed by atoms with Crippen LogP contribution >= 0.6 is 0 Å². The van der Waals surface area contributed by atoms with Crippen LogP contribution in [-0.4, -0.2) is 38.0 Å². The van der Waals surface area contributed by atoms with Crippen LogP contribution < -0.4 is 5.69 Å². The third kappa shape index (κ3) is 3.51. The SMILES string of the molecule is O=C(N1CCC(n2c(=O)n(CC3CCCCC3)c3cccnc32)C1)C1(c2ccccc2)CC1. The molecule has 3 aromatic rings. The number of pyridine rings is 1. The minimum Gasteiger partial charge on any atom is -0.340 e. The van der Waals surface area contributed by atoms with E-state index in [0.29, 0.717) is 19.0 Å². The van der Waals surface area contributed by atoms with E-state index >= 15 is 0 Å². The molecule has 2 saturated carbocycles. The van der Waals surface area contributed by atoms with Crippen molar-refractivity contribution in [1.82, 2.24) is 19.0 Å². The highest BCUT2D eigenvalue weighted by atomic mass is 16.2. The van der Waals surface area contributed by atoms with Gasteiger partial charge in [0.1, 0.15) is 0 Å². The molecule has 1 saturated heterocycles. The van der Waals surface area contributed by atoms with Crippen LogP contribution in [0.3, 0.4) is 0 Å². The Kier molecular flexibility index (Phi) is 5.11. The lowest BCUT2D eigenvalue weighted by Gasteiger charge is -2.24. The van der Waals surface area contributed by atoms with Gasteiger partial charge in [0.15, 0.2) is 5.65 Å². The van der Waals surface area contributed by atoms with Crippen LogP contribution in [0, 0.1) is 5.92 Å². The van der Waals surface area contributed by atoms with E-state index in [1.807, 2.05) is 44.4 Å². The summed E-state index contributed by atoms with van der Waals surface area (Å²) in [6.07, 6.45) is 10.6. The largest absolute Gasteiger partial charge is 0.340 e. The molecule has 1 atom stereocenters. The molecule has 1 aliphatic heterocycles. The molecule has 172 valence electrons. The van der Waals surface area contributed by atoms with Crippen LogP contribution in [0.4, 0.5) is 0 Å². The number of nitrogens with zero attached hydrogens (tertiary/aromatic N) is 4. The molecule has 33 heavy (non-hydrogen) atoms. The molecule has 0 N–H and O–H groups in total. The first-order valence-corrected chi connectivity index (χ1v) is 12.6. The number of likely N-dealkylation sites (tertiary alicyclic amines) is 1. The fraction of sp³-hybridized carbons (Fsp3) is 0.519. The summed E-state index contributed by atoms with van der Waals surface area (Å²) in [6, 6.07) is 14.1. The molecule has 2 aromatic heterocycles. The highest BCUT2D eigenvalue weighted by molar-refractivity contribution is 5.91. The van der Waals surface area contributed by atoms with Gasteiger partial charge in [-0.2, -0.15) is 0 Å². The molecule has 6 nitrogen and oxygen atoms in total. The van der Waals surface area contributed by atoms with E-state index in [2.05, 4.69) is 17.1 Å². The van der Waals surface area contributed by atoms with Crippen LogP contribution in [0.25, 0.3) is 11.2 Å². The zero-order valence-electron chi connectivity index (χ0n) is 19.2. The first kappa shape index (κ1) is 20.7. The number of hydrogen-bond acceptors (Lipinski definition) is 3. The zero-order valence-corrected chi connectivity index (χ0v) is 19.2. The predicted octanol–water partition coefficient (Wildman–Crippen LogP) is 4.28. The molecule has 6 rings (SSSR count). The first-order chi connectivity index (χ1) is 16.2. The summed E-state index contributed by atoms with van der Waals surface area (Å²) in [6.45, 7) is 2.07. The van der Waals surface area contributed by atoms with Gasteiger partial charge in [-0.05, 0) is 55.7 Å². The minimum absolute atomic E-state index is 0.0157. The normalized spacial score (nSPS) is 22.7. The van der Waals surface area contributed by atoms with Crippen LogP contribution in [0.2, 0.25) is 0 Å². The van der Waals surface area contributed by atoms with Crippen molar-refractivity contribution < 1.29 is 4.79 Å². The summed E-state index contributed by atoms with van der Waals surface area (Å²) in [7, 11) is 0. The summed E-state index contributed by atoms with van der Waals surface area (Å²) < 4.78 is 3.84. The monoisotopic (exact) mass is 444 g/mol. The second-order valence-corrected chi connectivity index (χ2v) is 10.3. The Hall–Kier alpha value is -2.89. The van der Waals surface area contributed by atoms with Crippen molar-refractivity contribution in [1.29, 1.82) is 0 Å². The molecule has 6 heteroatoms. The third-order valence-corrected chi connectivity index (χ3v) is 8.19. The molecule has 3 aliphatic rings. The van der Waals surface area contributed by atoms with Crippen molar-refractivity contribution in [3.05, 3.63) is 64.7 Å². The lowest BCUT2D eigenvalue weighted by Crippen LogP contribution is -2.38. The fourth-order valence-electron chi connectivity index (χ4n) is 6.19. The fourth-order valence-corrected chi connectivity index (χ4v) is 6.19. The number of amides is 1. The van der Waals surface area contributed by atoms with Crippen LogP contribution in [0.5, 0.6) is 0 Å². The molecule has 0 bridgehead atoms. The van der Waals surface area contributed by atoms with E-state index in [0.717, 1.165) is 42.5 Å². The van der Waals surface area contributed by atoms with Gasteiger partial charge in [-0.15, -0.1) is 0 Å². The molecule has 1 amide bonds. The van der Waals surface area contributed by atoms with Crippen LogP contribution in [0.15, 0.2) is 53.5 Å². The molecule has 3 fully saturated rings. The predicted molar refractivity (Wildman–Crippen MR) is 128 cm³/mol. The Morgan fingerprint density at radius 2 is 1.79 bits per heavy atom. The average Bonchev–Trinajstić information content (AvgIpc) is 3.46. The summed E-state index contributed by atoms with van der Waals surface area (Å²) >= 11 is 0. The number of benzene rings is 1. The number of fused-ring (bicyclic) bond motifs is 1. The topological polar surface area (TPSA) is 60.1 Å². The molecule has 1 unspecified atom stereocenters. The Balaban J connectivity index is 1.28. The number of carbonyl (C=O) groups is 1. The van der Waals surface area contributed by atoms with Crippen molar-refractivity contribution >= 4 is 17.1 Å². The van der Waals surface area contributed by atoms with Gasteiger partial charge in [0, 0.05) is 25.8 Å². The smallest absolute Gasteiger partial charge is 0.330 e. The van der Waals surface area contributed by atoms with Gasteiger partial charge in [-0.25, -0.2) is 9.78 Å². The third-order valence-electron chi connectivity index (χ3n) is 8.19. The van der Waals surface area contributed by atoms with Gasteiger partial charge in [0.05, 0.1) is 17.0 Å². The van der Waals surface area contributed by atoms with E-state index in [4.69, 9.17) is 0 Å². The maximum Gasteiger partial charge on any atom is 0.330 e. The Morgan fingerprint density at radius 3 is 2.55 bits per heavy atom. The number of imidazole rings is 1. The average molecular weight is 445 g/mol. The first-order valence-electron chi connectivity index (χ1n) is 12.6. The maximum absolute atomic E-state index is 13.6. The van der Waals surface area contributed by atoms with Gasteiger partial charge in [0.25, 0.3) is 0 Å². The number of carbonyl (C=O) groups excluding carboxylic acids is 1. The van der Waals surface area contributed by atoms with Gasteiger partial charge in [0.2, 0.25) is 5.91 Å². The van der Waals surface area contributed by atoms with Crippen molar-refractivity contribution in [3.63, 3.8) is 0 Å². The zero-order chi connectivity index (χ0) is 22.4. The molecule has 0 radical (unpaired) electrons. The highest BCUT2D eigenvalue weighted by Gasteiger charge is 2.53. The summed E-state index contributed by atoms with van der Waals surface area (Å²) in [5.74, 6) is 0.793. The van der Waals surface area contributed by atoms with Crippen molar-refractivity contribution in [2.24, 2.45) is 5.92 Å². The van der Waals surface area contributed by atoms with E-state index in [1.54, 1.807) is 6.20 Å². The van der Waals surface area contributed by atoms with Crippen molar-refractivity contribution in [2.45, 2.75) is 69.4 Å². The highest BCUT2D eigenvalue weighted by Crippen LogP contribution is 2.50. The van der Waals surface area contributed by atoms with E-state index in [1.165, 1.54) is 32.1 Å². The second kappa shape index (κ2) is 8.15. The lowest BCUT2D eigenvalue weighted by molar-refractivity contribution is -0.133. The molecule has 0 spiro atoms. The van der Waals surface area contributed by atoms with Gasteiger partial charge in [-0.3, -0.25) is 13.9 Å². The lowest BCUT2D eigenvalue weighted by atomic mass is 9.89. The van der Waals surface area contributed by atoms with E-state index < -0.39 is 0 Å². The Morgan fingerprint density at radius 1 is 1.00 bits per heavy atom. The maximum atomic E-state index is 13.6. The standard InChI is InChI=1S/C27H32N4O2/c32-25(27(14-15-27)21-10-5-2-6-11-21)29-17-13-22(19-29)31-24-23(12-7-16-28-24)30(26(31)33)18-20-8-3-1-4-9-20/h2,5-7,10-12,16,20,22H,1,3-4,8-9,13-15,17-19H2. The molecule has 2 aliphatic carbocycles. The van der Waals surface area contributed by atoms with Crippen LogP contribution in [0.1, 0.15) is 63.0 Å². The van der Waals surface area contributed by atoms with E-state index in [9.17, 15) is 9.59 Å². The number of aromatic nitrogens is 3. The summed E-state index contributed by atoms with van der Waals surface area (Å²) in [5, 5.41) is 0. The quantitative estimate of drug-likeness (QED) is 0.590. The number of hydrogen-bond donors (Lipinski definition) is 0. The molecule has 1 aromatic carbocycles.